The molecule has 3 aromatic rings. The van der Waals surface area contributed by atoms with Gasteiger partial charge in [-0.3, -0.25) is 0 Å². The van der Waals surface area contributed by atoms with Crippen molar-refractivity contribution in [3.8, 4) is 5.75 Å². The molecule has 1 aromatic carbocycles. The van der Waals surface area contributed by atoms with E-state index in [4.69, 9.17) is 13.9 Å². The third kappa shape index (κ3) is 3.80. The second-order valence-electron chi connectivity index (χ2n) is 5.97. The quantitative estimate of drug-likeness (QED) is 0.471. The SMILES string of the molecule is CCCc1cc(C(=O)OCc2cc(=O)oc3cc(OC)ccc23)sc1C. The van der Waals surface area contributed by atoms with E-state index in [1.807, 2.05) is 13.0 Å². The predicted octanol–water partition coefficient (Wildman–Crippen LogP) is 4.48. The molecular formula is C20H20O5S. The summed E-state index contributed by atoms with van der Waals surface area (Å²) in [4.78, 5) is 25.9. The van der Waals surface area contributed by atoms with Gasteiger partial charge in [0.25, 0.3) is 0 Å². The van der Waals surface area contributed by atoms with E-state index in [9.17, 15) is 9.59 Å². The first-order chi connectivity index (χ1) is 12.5. The Balaban J connectivity index is 1.82. The fraction of sp³-hybridized carbons (Fsp3) is 0.300. The number of fused-ring (bicyclic) bond motifs is 1. The van der Waals surface area contributed by atoms with Gasteiger partial charge in [-0.1, -0.05) is 13.3 Å². The summed E-state index contributed by atoms with van der Waals surface area (Å²) in [5, 5.41) is 0.715. The van der Waals surface area contributed by atoms with E-state index in [0.29, 0.717) is 27.2 Å². The second kappa shape index (κ2) is 7.74. The maximum atomic E-state index is 12.4. The molecule has 0 aliphatic carbocycles. The molecule has 0 N–H and O–H groups in total. The number of benzene rings is 1. The Bertz CT molecular complexity index is 999. The van der Waals surface area contributed by atoms with E-state index in [1.54, 1.807) is 25.3 Å². The molecule has 5 nitrogen and oxygen atoms in total. The Kier molecular flexibility index (Phi) is 5.42. The van der Waals surface area contributed by atoms with Crippen molar-refractivity contribution in [3.63, 3.8) is 0 Å². The van der Waals surface area contributed by atoms with E-state index in [-0.39, 0.29) is 12.6 Å². The van der Waals surface area contributed by atoms with Gasteiger partial charge in [-0.25, -0.2) is 9.59 Å². The number of ether oxygens (including phenoxy) is 2. The first kappa shape index (κ1) is 18.2. The minimum absolute atomic E-state index is 0.00726. The number of rotatable bonds is 6. The van der Waals surface area contributed by atoms with E-state index >= 15 is 0 Å². The average Bonchev–Trinajstić information content (AvgIpc) is 2.99. The fourth-order valence-electron chi connectivity index (χ4n) is 2.81. The third-order valence-electron chi connectivity index (χ3n) is 4.14. The molecule has 0 fully saturated rings. The Labute approximate surface area is 155 Å². The third-order valence-corrected chi connectivity index (χ3v) is 5.21. The summed E-state index contributed by atoms with van der Waals surface area (Å²) >= 11 is 1.44. The van der Waals surface area contributed by atoms with E-state index in [2.05, 4.69) is 6.92 Å². The van der Waals surface area contributed by atoms with Gasteiger partial charge in [-0.05, 0) is 37.1 Å². The predicted molar refractivity (Wildman–Crippen MR) is 101 cm³/mol. The number of aryl methyl sites for hydroxylation is 2. The molecule has 0 spiro atoms. The fourth-order valence-corrected chi connectivity index (χ4v) is 3.77. The van der Waals surface area contributed by atoms with Crippen LogP contribution in [0.15, 0.2) is 39.5 Å². The highest BCUT2D eigenvalue weighted by molar-refractivity contribution is 7.14. The van der Waals surface area contributed by atoms with Crippen LogP contribution in [-0.4, -0.2) is 13.1 Å². The van der Waals surface area contributed by atoms with Crippen LogP contribution in [0.2, 0.25) is 0 Å². The summed E-state index contributed by atoms with van der Waals surface area (Å²) in [6.07, 6.45) is 1.98. The molecule has 0 atom stereocenters. The zero-order valence-electron chi connectivity index (χ0n) is 15.0. The minimum atomic E-state index is -0.492. The molecule has 2 heterocycles. The van der Waals surface area contributed by atoms with Crippen molar-refractivity contribution in [2.45, 2.75) is 33.3 Å². The topological polar surface area (TPSA) is 65.7 Å². The van der Waals surface area contributed by atoms with Gasteiger partial charge in [0.15, 0.2) is 0 Å². The Hall–Kier alpha value is -2.60. The van der Waals surface area contributed by atoms with Crippen LogP contribution in [0.25, 0.3) is 11.0 Å². The summed E-state index contributed by atoms with van der Waals surface area (Å²) in [6, 6.07) is 8.45. The molecule has 0 amide bonds. The molecule has 3 rings (SSSR count). The van der Waals surface area contributed by atoms with Crippen LogP contribution >= 0.6 is 11.3 Å². The zero-order valence-corrected chi connectivity index (χ0v) is 15.8. The van der Waals surface area contributed by atoms with Crippen molar-refractivity contribution < 1.29 is 18.7 Å². The number of esters is 1. The highest BCUT2D eigenvalue weighted by atomic mass is 32.1. The number of hydrogen-bond acceptors (Lipinski definition) is 6. The van der Waals surface area contributed by atoms with Crippen molar-refractivity contribution in [2.24, 2.45) is 0 Å². The van der Waals surface area contributed by atoms with Gasteiger partial charge in [0.1, 0.15) is 22.8 Å². The largest absolute Gasteiger partial charge is 0.497 e. The molecule has 0 saturated carbocycles. The molecule has 0 aliphatic rings. The number of thiophene rings is 1. The van der Waals surface area contributed by atoms with Crippen molar-refractivity contribution >= 4 is 28.3 Å². The number of carbonyl (C=O) groups excluding carboxylic acids is 1. The van der Waals surface area contributed by atoms with Gasteiger partial charge in [0.05, 0.1) is 7.11 Å². The van der Waals surface area contributed by atoms with Gasteiger partial charge in [0, 0.05) is 28.0 Å². The molecule has 0 radical (unpaired) electrons. The second-order valence-corrected chi connectivity index (χ2v) is 7.23. The first-order valence-corrected chi connectivity index (χ1v) is 9.20. The van der Waals surface area contributed by atoms with Crippen molar-refractivity contribution in [1.29, 1.82) is 0 Å². The van der Waals surface area contributed by atoms with Crippen LogP contribution < -0.4 is 10.4 Å². The van der Waals surface area contributed by atoms with E-state index < -0.39 is 5.63 Å². The molecule has 0 unspecified atom stereocenters. The summed E-state index contributed by atoms with van der Waals surface area (Å²) in [5.74, 6) is 0.211. The Morgan fingerprint density at radius 3 is 2.73 bits per heavy atom. The van der Waals surface area contributed by atoms with Gasteiger partial charge < -0.3 is 13.9 Å². The number of carbonyl (C=O) groups is 1. The lowest BCUT2D eigenvalue weighted by Crippen LogP contribution is -2.07. The molecular weight excluding hydrogens is 352 g/mol. The first-order valence-electron chi connectivity index (χ1n) is 8.39. The minimum Gasteiger partial charge on any atom is -0.497 e. The van der Waals surface area contributed by atoms with Gasteiger partial charge in [0.2, 0.25) is 0 Å². The molecule has 6 heteroatoms. The van der Waals surface area contributed by atoms with Crippen LogP contribution in [0, 0.1) is 6.92 Å². The van der Waals surface area contributed by atoms with Crippen LogP contribution in [0.3, 0.4) is 0 Å². The highest BCUT2D eigenvalue weighted by Crippen LogP contribution is 2.25. The van der Waals surface area contributed by atoms with E-state index in [0.717, 1.165) is 17.7 Å². The number of methoxy groups -OCH3 is 1. The molecule has 26 heavy (non-hydrogen) atoms. The summed E-state index contributed by atoms with van der Waals surface area (Å²) in [7, 11) is 1.54. The molecule has 2 aromatic heterocycles. The molecule has 0 saturated heterocycles. The number of hydrogen-bond donors (Lipinski definition) is 0. The lowest BCUT2D eigenvalue weighted by molar-refractivity contribution is 0.0479. The lowest BCUT2D eigenvalue weighted by atomic mass is 10.1. The standard InChI is InChI=1S/C20H20O5S/c1-4-5-13-8-18(26-12(13)2)20(22)24-11-14-9-19(21)25-17-10-15(23-3)6-7-16(14)17/h6-10H,4-5,11H2,1-3H3. The zero-order chi connectivity index (χ0) is 18.7. The van der Waals surface area contributed by atoms with Crippen LogP contribution in [-0.2, 0) is 17.8 Å². The van der Waals surface area contributed by atoms with Crippen LogP contribution in [0.5, 0.6) is 5.75 Å². The highest BCUT2D eigenvalue weighted by Gasteiger charge is 2.15. The molecule has 136 valence electrons. The normalized spacial score (nSPS) is 10.9. The van der Waals surface area contributed by atoms with Crippen molar-refractivity contribution in [2.75, 3.05) is 7.11 Å². The van der Waals surface area contributed by atoms with Crippen LogP contribution in [0.4, 0.5) is 0 Å². The van der Waals surface area contributed by atoms with Gasteiger partial charge in [-0.15, -0.1) is 11.3 Å². The summed E-state index contributed by atoms with van der Waals surface area (Å²) in [5.41, 5.74) is 1.70. The summed E-state index contributed by atoms with van der Waals surface area (Å²) < 4.78 is 15.8. The van der Waals surface area contributed by atoms with Crippen LogP contribution in [0.1, 0.15) is 39.0 Å². The van der Waals surface area contributed by atoms with Crippen molar-refractivity contribution in [1.82, 2.24) is 0 Å². The van der Waals surface area contributed by atoms with Crippen molar-refractivity contribution in [3.05, 3.63) is 61.6 Å². The van der Waals surface area contributed by atoms with Gasteiger partial charge in [-0.2, -0.15) is 0 Å². The molecule has 0 aliphatic heterocycles. The van der Waals surface area contributed by atoms with Gasteiger partial charge >= 0.3 is 11.6 Å². The monoisotopic (exact) mass is 372 g/mol. The smallest absolute Gasteiger partial charge is 0.348 e. The average molecular weight is 372 g/mol. The maximum Gasteiger partial charge on any atom is 0.348 e. The Morgan fingerprint density at radius 1 is 1.19 bits per heavy atom. The lowest BCUT2D eigenvalue weighted by Gasteiger charge is -2.07. The van der Waals surface area contributed by atoms with E-state index in [1.165, 1.54) is 23.0 Å². The Morgan fingerprint density at radius 2 is 2.00 bits per heavy atom. The summed E-state index contributed by atoms with van der Waals surface area (Å²) in [6.45, 7) is 4.12. The maximum absolute atomic E-state index is 12.4. The molecule has 0 bridgehead atoms.